The van der Waals surface area contributed by atoms with Crippen molar-refractivity contribution < 1.29 is 9.84 Å². The molecule has 3 nitrogen and oxygen atoms in total. The Kier molecular flexibility index (Phi) is 6.00. The lowest BCUT2D eigenvalue weighted by Crippen LogP contribution is -2.07. The SMILES string of the molecule is COc1cc(C(C)Nc2cc(CO)ccc2Cl)ccc1SC. The maximum absolute atomic E-state index is 9.24. The highest BCUT2D eigenvalue weighted by molar-refractivity contribution is 7.98. The van der Waals surface area contributed by atoms with Gasteiger partial charge in [-0.1, -0.05) is 23.7 Å². The quantitative estimate of drug-likeness (QED) is 0.747. The molecule has 1 unspecified atom stereocenters. The van der Waals surface area contributed by atoms with Gasteiger partial charge >= 0.3 is 0 Å². The number of nitrogens with one attached hydrogen (secondary N) is 1. The highest BCUT2D eigenvalue weighted by Gasteiger charge is 2.11. The van der Waals surface area contributed by atoms with E-state index in [9.17, 15) is 5.11 Å². The van der Waals surface area contributed by atoms with Gasteiger partial charge in [0.1, 0.15) is 5.75 Å². The van der Waals surface area contributed by atoms with Crippen molar-refractivity contribution in [3.8, 4) is 5.75 Å². The summed E-state index contributed by atoms with van der Waals surface area (Å²) >= 11 is 7.88. The van der Waals surface area contributed by atoms with E-state index >= 15 is 0 Å². The number of hydrogen-bond donors (Lipinski definition) is 2. The monoisotopic (exact) mass is 337 g/mol. The van der Waals surface area contributed by atoms with Crippen molar-refractivity contribution >= 4 is 29.1 Å². The fraction of sp³-hybridized carbons (Fsp3) is 0.294. The normalized spacial score (nSPS) is 12.0. The minimum atomic E-state index is -0.00350. The third-order valence-corrected chi connectivity index (χ3v) is 4.60. The number of hydrogen-bond acceptors (Lipinski definition) is 4. The molecule has 1 atom stereocenters. The first-order valence-electron chi connectivity index (χ1n) is 6.96. The molecule has 0 fully saturated rings. The molecule has 2 aromatic rings. The topological polar surface area (TPSA) is 41.5 Å². The lowest BCUT2D eigenvalue weighted by atomic mass is 10.1. The van der Waals surface area contributed by atoms with E-state index in [1.807, 2.05) is 24.5 Å². The zero-order valence-corrected chi connectivity index (χ0v) is 14.5. The summed E-state index contributed by atoms with van der Waals surface area (Å²) in [5, 5.41) is 13.3. The Hall–Kier alpha value is -1.36. The standard InChI is InChI=1S/C17H20ClNO2S/c1-11(13-5-7-17(22-3)16(9-13)21-2)19-15-8-12(10-20)4-6-14(15)18/h4-9,11,19-20H,10H2,1-3H3. The van der Waals surface area contributed by atoms with Crippen LogP contribution in [0.4, 0.5) is 5.69 Å². The summed E-state index contributed by atoms with van der Waals surface area (Å²) in [6.07, 6.45) is 2.03. The Labute approximate surface area is 140 Å². The fourth-order valence-corrected chi connectivity index (χ4v) is 2.94. The van der Waals surface area contributed by atoms with Crippen LogP contribution in [0.2, 0.25) is 5.02 Å². The molecule has 0 aliphatic rings. The van der Waals surface area contributed by atoms with Crippen molar-refractivity contribution in [1.82, 2.24) is 0 Å². The maximum atomic E-state index is 9.24. The summed E-state index contributed by atoms with van der Waals surface area (Å²) in [6, 6.07) is 11.7. The predicted octanol–water partition coefficient (Wildman–Crippen LogP) is 4.74. The molecular formula is C17H20ClNO2S. The Morgan fingerprint density at radius 2 is 2.05 bits per heavy atom. The summed E-state index contributed by atoms with van der Waals surface area (Å²) in [6.45, 7) is 2.06. The Bertz CT molecular complexity index is 649. The summed E-state index contributed by atoms with van der Waals surface area (Å²) in [4.78, 5) is 1.11. The third kappa shape index (κ3) is 3.88. The van der Waals surface area contributed by atoms with Crippen LogP contribution in [0.15, 0.2) is 41.3 Å². The molecule has 0 aliphatic heterocycles. The molecule has 0 saturated carbocycles. The highest BCUT2D eigenvalue weighted by Crippen LogP contribution is 2.32. The van der Waals surface area contributed by atoms with Gasteiger partial charge in [-0.2, -0.15) is 0 Å². The third-order valence-electron chi connectivity index (χ3n) is 3.49. The molecule has 5 heteroatoms. The molecule has 0 radical (unpaired) electrons. The van der Waals surface area contributed by atoms with E-state index in [4.69, 9.17) is 16.3 Å². The zero-order chi connectivity index (χ0) is 16.1. The second-order valence-corrected chi connectivity index (χ2v) is 6.21. The van der Waals surface area contributed by atoms with E-state index in [0.717, 1.165) is 27.5 Å². The molecule has 0 saturated heterocycles. The number of anilines is 1. The van der Waals surface area contributed by atoms with Crippen LogP contribution in [0.5, 0.6) is 5.75 Å². The van der Waals surface area contributed by atoms with Crippen LogP contribution in [0.25, 0.3) is 0 Å². The van der Waals surface area contributed by atoms with Gasteiger partial charge in [0.2, 0.25) is 0 Å². The maximum Gasteiger partial charge on any atom is 0.132 e. The highest BCUT2D eigenvalue weighted by atomic mass is 35.5. The molecule has 0 amide bonds. The van der Waals surface area contributed by atoms with Crippen molar-refractivity contribution in [3.05, 3.63) is 52.5 Å². The first-order chi connectivity index (χ1) is 10.6. The number of rotatable bonds is 6. The molecule has 0 aromatic heterocycles. The van der Waals surface area contributed by atoms with Crippen LogP contribution in [-0.2, 0) is 6.61 Å². The van der Waals surface area contributed by atoms with Crippen molar-refractivity contribution in [3.63, 3.8) is 0 Å². The van der Waals surface area contributed by atoms with Gasteiger partial charge in [0, 0.05) is 10.9 Å². The van der Waals surface area contributed by atoms with Gasteiger partial charge in [0.05, 0.1) is 24.4 Å². The molecule has 0 spiro atoms. The molecular weight excluding hydrogens is 318 g/mol. The van der Waals surface area contributed by atoms with Crippen molar-refractivity contribution in [2.24, 2.45) is 0 Å². The van der Waals surface area contributed by atoms with Gasteiger partial charge in [-0.05, 0) is 48.6 Å². The van der Waals surface area contributed by atoms with E-state index in [-0.39, 0.29) is 12.6 Å². The van der Waals surface area contributed by atoms with E-state index in [2.05, 4.69) is 24.4 Å². The van der Waals surface area contributed by atoms with E-state index in [0.29, 0.717) is 5.02 Å². The second-order valence-electron chi connectivity index (χ2n) is 4.95. The van der Waals surface area contributed by atoms with Crippen LogP contribution in [0.1, 0.15) is 24.1 Å². The van der Waals surface area contributed by atoms with E-state index in [1.54, 1.807) is 24.9 Å². The number of ether oxygens (including phenoxy) is 1. The molecule has 118 valence electrons. The largest absolute Gasteiger partial charge is 0.496 e. The van der Waals surface area contributed by atoms with Crippen LogP contribution in [-0.4, -0.2) is 18.5 Å². The average molecular weight is 338 g/mol. The van der Waals surface area contributed by atoms with Crippen LogP contribution >= 0.6 is 23.4 Å². The van der Waals surface area contributed by atoms with Gasteiger partial charge in [0.15, 0.2) is 0 Å². The summed E-state index contributed by atoms with van der Waals surface area (Å²) in [5.41, 5.74) is 2.75. The molecule has 0 bridgehead atoms. The van der Waals surface area contributed by atoms with Gasteiger partial charge in [-0.3, -0.25) is 0 Å². The number of methoxy groups -OCH3 is 1. The fourth-order valence-electron chi connectivity index (χ4n) is 2.22. The zero-order valence-electron chi connectivity index (χ0n) is 12.9. The molecule has 2 N–H and O–H groups in total. The Morgan fingerprint density at radius 1 is 1.27 bits per heavy atom. The second kappa shape index (κ2) is 7.77. The van der Waals surface area contributed by atoms with Gasteiger partial charge in [-0.15, -0.1) is 11.8 Å². The van der Waals surface area contributed by atoms with Crippen molar-refractivity contribution in [2.75, 3.05) is 18.7 Å². The smallest absolute Gasteiger partial charge is 0.132 e. The summed E-state index contributed by atoms with van der Waals surface area (Å²) in [5.74, 6) is 0.869. The predicted molar refractivity (Wildman–Crippen MR) is 94.2 cm³/mol. The average Bonchev–Trinajstić information content (AvgIpc) is 2.56. The number of aliphatic hydroxyl groups is 1. The number of thioether (sulfide) groups is 1. The summed E-state index contributed by atoms with van der Waals surface area (Å²) in [7, 11) is 1.68. The van der Waals surface area contributed by atoms with E-state index in [1.165, 1.54) is 0 Å². The number of halogens is 1. The van der Waals surface area contributed by atoms with Gasteiger partial charge in [-0.25, -0.2) is 0 Å². The van der Waals surface area contributed by atoms with E-state index < -0.39 is 0 Å². The molecule has 0 aliphatic carbocycles. The van der Waals surface area contributed by atoms with Crippen molar-refractivity contribution in [1.29, 1.82) is 0 Å². The molecule has 2 rings (SSSR count). The number of aliphatic hydroxyl groups excluding tert-OH is 1. The molecule has 0 heterocycles. The first-order valence-corrected chi connectivity index (χ1v) is 8.57. The molecule has 22 heavy (non-hydrogen) atoms. The number of benzene rings is 2. The summed E-state index contributed by atoms with van der Waals surface area (Å²) < 4.78 is 5.43. The minimum absolute atomic E-state index is 0.00350. The van der Waals surface area contributed by atoms with Crippen LogP contribution < -0.4 is 10.1 Å². The lowest BCUT2D eigenvalue weighted by molar-refractivity contribution is 0.282. The first kappa shape index (κ1) is 17.0. The minimum Gasteiger partial charge on any atom is -0.496 e. The Morgan fingerprint density at radius 3 is 2.68 bits per heavy atom. The van der Waals surface area contributed by atoms with Crippen LogP contribution in [0, 0.1) is 0 Å². The lowest BCUT2D eigenvalue weighted by Gasteiger charge is -2.19. The Balaban J connectivity index is 2.23. The van der Waals surface area contributed by atoms with Crippen LogP contribution in [0.3, 0.4) is 0 Å². The van der Waals surface area contributed by atoms with Gasteiger partial charge < -0.3 is 15.2 Å². The van der Waals surface area contributed by atoms with Crippen molar-refractivity contribution in [2.45, 2.75) is 24.5 Å². The molecule has 2 aromatic carbocycles. The van der Waals surface area contributed by atoms with Gasteiger partial charge in [0.25, 0.3) is 0 Å².